The fourth-order valence-electron chi connectivity index (χ4n) is 1.75. The van der Waals surface area contributed by atoms with Crippen molar-refractivity contribution >= 4 is 12.4 Å². The van der Waals surface area contributed by atoms with Crippen LogP contribution in [0, 0.1) is 0 Å². The van der Waals surface area contributed by atoms with Crippen LogP contribution in [0.15, 0.2) is 48.7 Å². The summed E-state index contributed by atoms with van der Waals surface area (Å²) in [4.78, 5) is 4.26. The van der Waals surface area contributed by atoms with Crippen LogP contribution in [0.2, 0.25) is 0 Å². The average Bonchev–Trinajstić information content (AvgIpc) is 2.40. The van der Waals surface area contributed by atoms with Gasteiger partial charge in [0.15, 0.2) is 0 Å². The van der Waals surface area contributed by atoms with Crippen LogP contribution >= 0.6 is 12.4 Å². The van der Waals surface area contributed by atoms with E-state index in [2.05, 4.69) is 4.98 Å². The van der Waals surface area contributed by atoms with Crippen LogP contribution in [-0.2, 0) is 6.42 Å². The van der Waals surface area contributed by atoms with Crippen LogP contribution in [0.5, 0.6) is 5.75 Å². The van der Waals surface area contributed by atoms with Gasteiger partial charge in [-0.3, -0.25) is 4.98 Å². The number of rotatable bonds is 4. The van der Waals surface area contributed by atoms with E-state index in [1.54, 1.807) is 13.3 Å². The molecule has 0 aliphatic carbocycles. The summed E-state index contributed by atoms with van der Waals surface area (Å²) >= 11 is 0. The van der Waals surface area contributed by atoms with E-state index in [1.165, 1.54) is 0 Å². The number of halogens is 1. The van der Waals surface area contributed by atoms with Crippen molar-refractivity contribution in [2.75, 3.05) is 7.11 Å². The van der Waals surface area contributed by atoms with Crippen LogP contribution in [0.25, 0.3) is 0 Å². The largest absolute Gasteiger partial charge is 0.497 e. The van der Waals surface area contributed by atoms with Crippen molar-refractivity contribution in [1.29, 1.82) is 0 Å². The van der Waals surface area contributed by atoms with E-state index in [-0.39, 0.29) is 18.4 Å². The van der Waals surface area contributed by atoms with Gasteiger partial charge in [0, 0.05) is 6.20 Å². The lowest BCUT2D eigenvalue weighted by Crippen LogP contribution is -2.14. The summed E-state index contributed by atoms with van der Waals surface area (Å²) in [6, 6.07) is 13.7. The van der Waals surface area contributed by atoms with Crippen molar-refractivity contribution < 1.29 is 4.74 Å². The molecule has 1 unspecified atom stereocenters. The van der Waals surface area contributed by atoms with E-state index in [9.17, 15) is 0 Å². The van der Waals surface area contributed by atoms with E-state index in [0.29, 0.717) is 0 Å². The molecule has 0 bridgehead atoms. The second-order valence-corrected chi connectivity index (χ2v) is 3.92. The van der Waals surface area contributed by atoms with Crippen molar-refractivity contribution in [3.8, 4) is 5.75 Å². The monoisotopic (exact) mass is 264 g/mol. The molecule has 96 valence electrons. The standard InChI is InChI=1S/C14H16N2O.ClH/c1-17-12-6-4-5-11(9-12)10-13(15)14-7-2-3-8-16-14;/h2-9,13H,10,15H2,1H3;1H. The fraction of sp³-hybridized carbons (Fsp3) is 0.214. The minimum atomic E-state index is -0.0803. The Kier molecular flexibility index (Phi) is 5.62. The zero-order valence-corrected chi connectivity index (χ0v) is 11.1. The molecule has 0 amide bonds. The number of aromatic nitrogens is 1. The summed E-state index contributed by atoms with van der Waals surface area (Å²) in [6.07, 6.45) is 2.52. The van der Waals surface area contributed by atoms with E-state index in [1.807, 2.05) is 42.5 Å². The Morgan fingerprint density at radius 1 is 1.22 bits per heavy atom. The molecular formula is C14H17ClN2O. The van der Waals surface area contributed by atoms with Gasteiger partial charge >= 0.3 is 0 Å². The Labute approximate surface area is 113 Å². The van der Waals surface area contributed by atoms with Crippen LogP contribution in [0.1, 0.15) is 17.3 Å². The van der Waals surface area contributed by atoms with Crippen molar-refractivity contribution in [1.82, 2.24) is 4.98 Å². The van der Waals surface area contributed by atoms with E-state index >= 15 is 0 Å². The van der Waals surface area contributed by atoms with Gasteiger partial charge < -0.3 is 10.5 Å². The number of benzene rings is 1. The number of ether oxygens (including phenoxy) is 1. The predicted octanol–water partition coefficient (Wildman–Crippen LogP) is 2.75. The van der Waals surface area contributed by atoms with E-state index < -0.39 is 0 Å². The van der Waals surface area contributed by atoms with Gasteiger partial charge in [0.1, 0.15) is 5.75 Å². The highest BCUT2D eigenvalue weighted by molar-refractivity contribution is 5.85. The molecule has 4 heteroatoms. The van der Waals surface area contributed by atoms with Gasteiger partial charge in [-0.25, -0.2) is 0 Å². The first kappa shape index (κ1) is 14.5. The van der Waals surface area contributed by atoms with Crippen molar-refractivity contribution in [3.05, 3.63) is 59.9 Å². The molecule has 1 aromatic heterocycles. The molecule has 0 fully saturated rings. The van der Waals surface area contributed by atoms with Crippen LogP contribution in [0.4, 0.5) is 0 Å². The lowest BCUT2D eigenvalue weighted by atomic mass is 10.0. The number of methoxy groups -OCH3 is 1. The highest BCUT2D eigenvalue weighted by Crippen LogP contribution is 2.18. The summed E-state index contributed by atoms with van der Waals surface area (Å²) in [7, 11) is 1.66. The second-order valence-electron chi connectivity index (χ2n) is 3.92. The number of nitrogens with zero attached hydrogens (tertiary/aromatic N) is 1. The summed E-state index contributed by atoms with van der Waals surface area (Å²) < 4.78 is 5.19. The number of pyridine rings is 1. The molecule has 1 aromatic carbocycles. The molecule has 2 rings (SSSR count). The third kappa shape index (κ3) is 3.72. The third-order valence-corrected chi connectivity index (χ3v) is 2.66. The Bertz CT molecular complexity index is 476. The third-order valence-electron chi connectivity index (χ3n) is 2.66. The Morgan fingerprint density at radius 2 is 2.06 bits per heavy atom. The van der Waals surface area contributed by atoms with Crippen LogP contribution in [0.3, 0.4) is 0 Å². The number of hydrogen-bond acceptors (Lipinski definition) is 3. The number of nitrogens with two attached hydrogens (primary N) is 1. The summed E-state index contributed by atoms with van der Waals surface area (Å²) in [5.74, 6) is 0.857. The SMILES string of the molecule is COc1cccc(CC(N)c2ccccn2)c1.Cl. The number of hydrogen-bond donors (Lipinski definition) is 1. The zero-order valence-electron chi connectivity index (χ0n) is 10.2. The van der Waals surface area contributed by atoms with Gasteiger partial charge in [0.2, 0.25) is 0 Å². The molecule has 2 N–H and O–H groups in total. The maximum atomic E-state index is 6.12. The first-order chi connectivity index (χ1) is 8.29. The molecule has 0 spiro atoms. The first-order valence-corrected chi connectivity index (χ1v) is 5.59. The van der Waals surface area contributed by atoms with E-state index in [4.69, 9.17) is 10.5 Å². The quantitative estimate of drug-likeness (QED) is 0.924. The van der Waals surface area contributed by atoms with Gasteiger partial charge in [0.25, 0.3) is 0 Å². The molecule has 3 nitrogen and oxygen atoms in total. The summed E-state index contributed by atoms with van der Waals surface area (Å²) in [5.41, 5.74) is 8.18. The zero-order chi connectivity index (χ0) is 12.1. The lowest BCUT2D eigenvalue weighted by Gasteiger charge is -2.11. The molecular weight excluding hydrogens is 248 g/mol. The minimum Gasteiger partial charge on any atom is -0.497 e. The smallest absolute Gasteiger partial charge is 0.119 e. The van der Waals surface area contributed by atoms with E-state index in [0.717, 1.165) is 23.4 Å². The van der Waals surface area contributed by atoms with Gasteiger partial charge in [-0.05, 0) is 36.2 Å². The molecule has 0 aliphatic rings. The van der Waals surface area contributed by atoms with Crippen molar-refractivity contribution in [2.24, 2.45) is 5.73 Å². The van der Waals surface area contributed by atoms with Crippen molar-refractivity contribution in [3.63, 3.8) is 0 Å². The second kappa shape index (κ2) is 6.99. The molecule has 0 saturated heterocycles. The topological polar surface area (TPSA) is 48.1 Å². The van der Waals surface area contributed by atoms with Gasteiger partial charge in [-0.2, -0.15) is 0 Å². The van der Waals surface area contributed by atoms with Crippen molar-refractivity contribution in [2.45, 2.75) is 12.5 Å². The molecule has 1 heterocycles. The molecule has 2 aromatic rings. The highest BCUT2D eigenvalue weighted by Gasteiger charge is 2.08. The van der Waals surface area contributed by atoms with Crippen LogP contribution in [-0.4, -0.2) is 12.1 Å². The van der Waals surface area contributed by atoms with Gasteiger partial charge in [-0.1, -0.05) is 18.2 Å². The Hall–Kier alpha value is -1.58. The average molecular weight is 265 g/mol. The fourth-order valence-corrected chi connectivity index (χ4v) is 1.75. The molecule has 0 aliphatic heterocycles. The molecule has 1 atom stereocenters. The van der Waals surface area contributed by atoms with Gasteiger partial charge in [0.05, 0.1) is 18.8 Å². The highest BCUT2D eigenvalue weighted by atomic mass is 35.5. The predicted molar refractivity (Wildman–Crippen MR) is 75.1 cm³/mol. The molecule has 18 heavy (non-hydrogen) atoms. The molecule has 0 radical (unpaired) electrons. The maximum absolute atomic E-state index is 6.12. The minimum absolute atomic E-state index is 0. The Balaban J connectivity index is 0.00000162. The van der Waals surface area contributed by atoms with Gasteiger partial charge in [-0.15, -0.1) is 12.4 Å². The summed E-state index contributed by atoms with van der Waals surface area (Å²) in [5, 5.41) is 0. The Morgan fingerprint density at radius 3 is 2.72 bits per heavy atom. The lowest BCUT2D eigenvalue weighted by molar-refractivity contribution is 0.414. The normalized spacial score (nSPS) is 11.4. The van der Waals surface area contributed by atoms with Crippen LogP contribution < -0.4 is 10.5 Å². The maximum Gasteiger partial charge on any atom is 0.119 e. The summed E-state index contributed by atoms with van der Waals surface area (Å²) in [6.45, 7) is 0. The molecule has 0 saturated carbocycles. The first-order valence-electron chi connectivity index (χ1n) is 5.59.